The summed E-state index contributed by atoms with van der Waals surface area (Å²) < 4.78 is 8.48. The molecule has 3 aromatic rings. The van der Waals surface area contributed by atoms with Crippen LogP contribution in [0.4, 0.5) is 0 Å². The smallest absolute Gasteiger partial charge is 0.221 e. The number of aryl methyl sites for hydroxylation is 2. The van der Waals surface area contributed by atoms with Crippen LogP contribution in [0.1, 0.15) is 16.8 Å². The average Bonchev–Trinajstić information content (AvgIpc) is 2.67. The van der Waals surface area contributed by atoms with Crippen LogP contribution in [0.3, 0.4) is 0 Å². The molecule has 0 aliphatic rings. The highest BCUT2D eigenvalue weighted by Crippen LogP contribution is 2.29. The molecule has 0 N–H and O–H groups in total. The maximum atomic E-state index is 6.20. The van der Waals surface area contributed by atoms with Crippen LogP contribution in [0, 0.1) is 6.92 Å². The minimum atomic E-state index is 0.595. The zero-order chi connectivity index (χ0) is 17.5. The zero-order valence-corrected chi connectivity index (χ0v) is 15.6. The highest BCUT2D eigenvalue weighted by atomic mass is 32.2. The Hall–Kier alpha value is -2.26. The quantitative estimate of drug-likeness (QED) is 0.447. The molecule has 0 bridgehead atoms. The van der Waals surface area contributed by atoms with E-state index in [2.05, 4.69) is 72.5 Å². The summed E-state index contributed by atoms with van der Waals surface area (Å²) in [7, 11) is 0. The van der Waals surface area contributed by atoms with E-state index in [4.69, 9.17) is 4.74 Å². The first-order valence-corrected chi connectivity index (χ1v) is 9.78. The van der Waals surface area contributed by atoms with Crippen LogP contribution in [0.25, 0.3) is 0 Å². The zero-order valence-electron chi connectivity index (χ0n) is 14.8. The summed E-state index contributed by atoms with van der Waals surface area (Å²) >= 11 is 1.73. The Morgan fingerprint density at radius 3 is 2.16 bits per heavy atom. The Labute approximate surface area is 154 Å². The maximum absolute atomic E-state index is 6.20. The molecule has 0 saturated heterocycles. The van der Waals surface area contributed by atoms with Crippen LogP contribution in [-0.4, -0.2) is 6.26 Å². The molecule has 3 heteroatoms. The predicted octanol–water partition coefficient (Wildman–Crippen LogP) is 4.83. The first-order valence-electron chi connectivity index (χ1n) is 8.55. The number of hydrogen-bond acceptors (Lipinski definition) is 2. The Morgan fingerprint density at radius 1 is 0.880 bits per heavy atom. The van der Waals surface area contributed by atoms with Crippen molar-refractivity contribution in [2.45, 2.75) is 31.4 Å². The summed E-state index contributed by atoms with van der Waals surface area (Å²) in [6.45, 7) is 3.69. The third-order valence-electron chi connectivity index (χ3n) is 4.32. The van der Waals surface area contributed by atoms with E-state index in [1.165, 1.54) is 21.7 Å². The number of benzene rings is 2. The van der Waals surface area contributed by atoms with E-state index in [9.17, 15) is 0 Å². The molecule has 3 rings (SSSR count). The van der Waals surface area contributed by atoms with Crippen LogP contribution >= 0.6 is 11.8 Å². The van der Waals surface area contributed by atoms with Crippen molar-refractivity contribution in [1.29, 1.82) is 0 Å². The topological polar surface area (TPSA) is 13.1 Å². The highest BCUT2D eigenvalue weighted by molar-refractivity contribution is 7.98. The lowest BCUT2D eigenvalue weighted by molar-refractivity contribution is -0.702. The molecule has 0 aliphatic carbocycles. The van der Waals surface area contributed by atoms with E-state index in [1.807, 2.05) is 18.2 Å². The SMILES string of the molecule is CSc1cc[n+](CCc2ccccc2)c(C)c1OCc1ccccc1. The van der Waals surface area contributed by atoms with Gasteiger partial charge in [-0.3, -0.25) is 0 Å². The third kappa shape index (κ3) is 4.64. The molecule has 0 aliphatic heterocycles. The van der Waals surface area contributed by atoms with Crippen molar-refractivity contribution in [3.63, 3.8) is 0 Å². The van der Waals surface area contributed by atoms with Gasteiger partial charge in [-0.1, -0.05) is 60.7 Å². The minimum absolute atomic E-state index is 0.595. The van der Waals surface area contributed by atoms with E-state index >= 15 is 0 Å². The molecule has 0 saturated carbocycles. The largest absolute Gasteiger partial charge is 0.482 e. The number of aromatic nitrogens is 1. The number of nitrogens with zero attached hydrogens (tertiary/aromatic N) is 1. The van der Waals surface area contributed by atoms with Gasteiger partial charge in [0.25, 0.3) is 0 Å². The number of ether oxygens (including phenoxy) is 1. The average molecular weight is 351 g/mol. The Kier molecular flexibility index (Phi) is 6.13. The normalized spacial score (nSPS) is 10.6. The predicted molar refractivity (Wildman–Crippen MR) is 104 cm³/mol. The molecule has 0 amide bonds. The second-order valence-electron chi connectivity index (χ2n) is 6.00. The van der Waals surface area contributed by atoms with Gasteiger partial charge >= 0.3 is 0 Å². The van der Waals surface area contributed by atoms with Gasteiger partial charge in [-0.2, -0.15) is 4.57 Å². The Morgan fingerprint density at radius 2 is 1.52 bits per heavy atom. The van der Waals surface area contributed by atoms with E-state index in [-0.39, 0.29) is 0 Å². The van der Waals surface area contributed by atoms with Crippen LogP contribution in [0.15, 0.2) is 77.8 Å². The summed E-state index contributed by atoms with van der Waals surface area (Å²) in [6.07, 6.45) is 5.28. The molecule has 0 spiro atoms. The summed E-state index contributed by atoms with van der Waals surface area (Å²) in [5.41, 5.74) is 3.72. The van der Waals surface area contributed by atoms with Crippen molar-refractivity contribution in [1.82, 2.24) is 0 Å². The van der Waals surface area contributed by atoms with E-state index in [1.54, 1.807) is 11.8 Å². The third-order valence-corrected chi connectivity index (χ3v) is 5.08. The second kappa shape index (κ2) is 8.72. The molecule has 128 valence electrons. The molecule has 0 atom stereocenters. The lowest BCUT2D eigenvalue weighted by atomic mass is 10.1. The van der Waals surface area contributed by atoms with Crippen molar-refractivity contribution in [2.24, 2.45) is 0 Å². The van der Waals surface area contributed by atoms with Gasteiger partial charge in [0.2, 0.25) is 5.69 Å². The van der Waals surface area contributed by atoms with E-state index < -0.39 is 0 Å². The summed E-state index contributed by atoms with van der Waals surface area (Å²) in [5, 5.41) is 0. The number of pyridine rings is 1. The number of rotatable bonds is 7. The molecule has 1 heterocycles. The minimum Gasteiger partial charge on any atom is -0.482 e. The fourth-order valence-corrected chi connectivity index (χ4v) is 3.45. The molecular formula is C22H24NOS+. The van der Waals surface area contributed by atoms with Gasteiger partial charge in [0.1, 0.15) is 6.61 Å². The lowest BCUT2D eigenvalue weighted by Gasteiger charge is -2.12. The summed E-state index contributed by atoms with van der Waals surface area (Å²) in [5.74, 6) is 0.993. The monoisotopic (exact) mass is 350 g/mol. The molecule has 0 unspecified atom stereocenters. The van der Waals surface area contributed by atoms with Crippen molar-refractivity contribution in [3.8, 4) is 5.75 Å². The van der Waals surface area contributed by atoms with Crippen molar-refractivity contribution in [2.75, 3.05) is 6.26 Å². The van der Waals surface area contributed by atoms with Crippen molar-refractivity contribution in [3.05, 3.63) is 89.7 Å². The molecule has 1 aromatic heterocycles. The molecule has 0 radical (unpaired) electrons. The van der Waals surface area contributed by atoms with Gasteiger partial charge < -0.3 is 4.74 Å². The van der Waals surface area contributed by atoms with Gasteiger partial charge in [-0.15, -0.1) is 11.8 Å². The number of thioether (sulfide) groups is 1. The van der Waals surface area contributed by atoms with Gasteiger partial charge in [0.05, 0.1) is 4.90 Å². The van der Waals surface area contributed by atoms with Crippen LogP contribution in [0.5, 0.6) is 5.75 Å². The fourth-order valence-electron chi connectivity index (χ4n) is 2.86. The molecule has 2 aromatic carbocycles. The van der Waals surface area contributed by atoms with Gasteiger partial charge in [0, 0.05) is 19.4 Å². The Balaban J connectivity index is 1.76. The molecule has 2 nitrogen and oxygen atoms in total. The van der Waals surface area contributed by atoms with E-state index in [0.717, 1.165) is 18.7 Å². The van der Waals surface area contributed by atoms with Crippen LogP contribution in [0.2, 0.25) is 0 Å². The van der Waals surface area contributed by atoms with E-state index in [0.29, 0.717) is 6.61 Å². The molecule has 25 heavy (non-hydrogen) atoms. The first kappa shape index (κ1) is 17.6. The molecular weight excluding hydrogens is 326 g/mol. The number of hydrogen-bond donors (Lipinski definition) is 0. The maximum Gasteiger partial charge on any atom is 0.221 e. The second-order valence-corrected chi connectivity index (χ2v) is 6.85. The van der Waals surface area contributed by atoms with Crippen LogP contribution < -0.4 is 9.30 Å². The lowest BCUT2D eigenvalue weighted by Crippen LogP contribution is -2.38. The Bertz CT molecular complexity index is 803. The summed E-state index contributed by atoms with van der Waals surface area (Å²) in [6, 6.07) is 23.1. The van der Waals surface area contributed by atoms with Crippen LogP contribution in [-0.2, 0) is 19.6 Å². The molecule has 0 fully saturated rings. The van der Waals surface area contributed by atoms with Gasteiger partial charge in [0.15, 0.2) is 18.5 Å². The van der Waals surface area contributed by atoms with Gasteiger partial charge in [-0.05, 0) is 17.4 Å². The first-order chi connectivity index (χ1) is 12.3. The van der Waals surface area contributed by atoms with Crippen molar-refractivity contribution >= 4 is 11.8 Å². The highest BCUT2D eigenvalue weighted by Gasteiger charge is 2.17. The van der Waals surface area contributed by atoms with Gasteiger partial charge in [-0.25, -0.2) is 0 Å². The fraction of sp³-hybridized carbons (Fsp3) is 0.227. The standard InChI is InChI=1S/C22H24NOS/c1-18-22(24-17-20-11-7-4-8-12-20)21(25-2)14-16-23(18)15-13-19-9-5-3-6-10-19/h3-12,14,16H,13,15,17H2,1-2H3/q+1. The van der Waals surface area contributed by atoms with Crippen molar-refractivity contribution < 1.29 is 9.30 Å². The summed E-state index contributed by atoms with van der Waals surface area (Å²) in [4.78, 5) is 1.18.